The van der Waals surface area contributed by atoms with Gasteiger partial charge in [0.15, 0.2) is 6.29 Å². The van der Waals surface area contributed by atoms with Crippen LogP contribution in [0, 0.1) is 0 Å². The SMILES string of the molecule is CC/C=C\C/C=C\C/C=C\C/C=C\CCCCCCCCCCC(=O)NC(COC1OC(CO)C(O)C(O)C1O)C(O)/C=C/CCCCCCCCCCCCCCCCCCCCCCC. The third-order valence-electron chi connectivity index (χ3n) is 13.1. The van der Waals surface area contributed by atoms with Gasteiger partial charge in [0.25, 0.3) is 0 Å². The van der Waals surface area contributed by atoms with Crippen LogP contribution in [0.15, 0.2) is 60.8 Å². The molecule has 0 bridgehead atoms. The number of aliphatic hydroxyl groups is 5. The van der Waals surface area contributed by atoms with Crippen LogP contribution in [0.1, 0.15) is 245 Å². The number of unbranched alkanes of at least 4 members (excludes halogenated alkanes) is 29. The Balaban J connectivity index is 2.26. The second-order valence-electron chi connectivity index (χ2n) is 19.4. The zero-order chi connectivity index (χ0) is 48.7. The van der Waals surface area contributed by atoms with E-state index in [0.29, 0.717) is 6.42 Å². The van der Waals surface area contributed by atoms with E-state index in [0.717, 1.165) is 77.0 Å². The fraction of sp³-hybridized carbons (Fsp3) is 0.810. The van der Waals surface area contributed by atoms with Gasteiger partial charge in [-0.05, 0) is 57.8 Å². The first-order valence-corrected chi connectivity index (χ1v) is 28.0. The van der Waals surface area contributed by atoms with E-state index >= 15 is 0 Å². The summed E-state index contributed by atoms with van der Waals surface area (Å²) in [6, 6.07) is -0.812. The molecular weight excluding hydrogens is 839 g/mol. The lowest BCUT2D eigenvalue weighted by molar-refractivity contribution is -0.302. The van der Waals surface area contributed by atoms with Gasteiger partial charge in [0, 0.05) is 6.42 Å². The number of ether oxygens (including phenoxy) is 2. The Bertz CT molecular complexity index is 1230. The number of rotatable bonds is 47. The Hall–Kier alpha value is -2.11. The molecule has 1 fully saturated rings. The molecule has 1 heterocycles. The Morgan fingerprint density at radius 2 is 0.925 bits per heavy atom. The van der Waals surface area contributed by atoms with Gasteiger partial charge in [0.05, 0.1) is 25.4 Å². The van der Waals surface area contributed by atoms with Crippen molar-refractivity contribution < 1.29 is 39.8 Å². The highest BCUT2D eigenvalue weighted by atomic mass is 16.7. The third kappa shape index (κ3) is 37.4. The topological polar surface area (TPSA) is 149 Å². The van der Waals surface area contributed by atoms with E-state index in [1.54, 1.807) is 6.08 Å². The summed E-state index contributed by atoms with van der Waals surface area (Å²) < 4.78 is 11.3. The number of hydrogen-bond acceptors (Lipinski definition) is 8. The van der Waals surface area contributed by atoms with Crippen LogP contribution >= 0.6 is 0 Å². The molecule has 7 atom stereocenters. The molecule has 0 aliphatic carbocycles. The first-order valence-electron chi connectivity index (χ1n) is 28.0. The molecule has 0 aromatic rings. The van der Waals surface area contributed by atoms with Crippen LogP contribution in [0.4, 0.5) is 0 Å². The largest absolute Gasteiger partial charge is 0.394 e. The summed E-state index contributed by atoms with van der Waals surface area (Å²) >= 11 is 0. The van der Waals surface area contributed by atoms with Gasteiger partial charge in [-0.1, -0.05) is 242 Å². The fourth-order valence-corrected chi connectivity index (χ4v) is 8.68. The van der Waals surface area contributed by atoms with Crippen molar-refractivity contribution in [3.63, 3.8) is 0 Å². The lowest BCUT2D eigenvalue weighted by atomic mass is 9.99. The van der Waals surface area contributed by atoms with Gasteiger partial charge in [0.1, 0.15) is 24.4 Å². The summed E-state index contributed by atoms with van der Waals surface area (Å²) in [7, 11) is 0. The molecule has 390 valence electrons. The van der Waals surface area contributed by atoms with Crippen molar-refractivity contribution in [1.29, 1.82) is 0 Å². The molecule has 6 N–H and O–H groups in total. The molecule has 9 nitrogen and oxygen atoms in total. The van der Waals surface area contributed by atoms with Crippen molar-refractivity contribution in [3.8, 4) is 0 Å². The zero-order valence-electron chi connectivity index (χ0n) is 43.1. The average Bonchev–Trinajstić information content (AvgIpc) is 3.33. The standard InChI is InChI=1S/C58H105NO8/c1-3-5-7-9-11-13-15-17-19-21-23-25-26-28-29-31-33-35-37-39-41-43-45-47-52(61)51(50-66-58-57(65)56(64)55(63)53(49-60)67-58)59-54(62)48-46-44-42-40-38-36-34-32-30-27-24-22-20-18-16-14-12-10-8-6-4-2/h6,8,12,14,18,20,24,27,45,47,51-53,55-58,60-61,63-65H,3-5,7,9-11,13,15-17,19,21-23,25-26,28-44,46,48-50H2,1-2H3,(H,59,62)/b8-6-,14-12-,20-18-,27-24-,47-45+. The Labute approximate surface area is 411 Å². The number of nitrogens with one attached hydrogen (secondary N) is 1. The van der Waals surface area contributed by atoms with Crippen LogP contribution in [0.5, 0.6) is 0 Å². The van der Waals surface area contributed by atoms with Crippen LogP contribution < -0.4 is 5.32 Å². The summed E-state index contributed by atoms with van der Waals surface area (Å²) in [6.07, 6.45) is 57.0. The maximum absolute atomic E-state index is 13.0. The number of aliphatic hydroxyl groups excluding tert-OH is 5. The first-order chi connectivity index (χ1) is 32.8. The van der Waals surface area contributed by atoms with Gasteiger partial charge in [-0.2, -0.15) is 0 Å². The van der Waals surface area contributed by atoms with Crippen molar-refractivity contribution >= 4 is 5.91 Å². The molecule has 0 saturated carbocycles. The van der Waals surface area contributed by atoms with Gasteiger partial charge in [0.2, 0.25) is 5.91 Å². The van der Waals surface area contributed by atoms with Gasteiger partial charge in [-0.25, -0.2) is 0 Å². The maximum Gasteiger partial charge on any atom is 0.220 e. The normalized spacial score (nSPS) is 20.1. The molecule has 1 saturated heterocycles. The molecule has 1 amide bonds. The number of allylic oxidation sites excluding steroid dienone is 9. The average molecular weight is 944 g/mol. The second-order valence-corrected chi connectivity index (χ2v) is 19.4. The summed E-state index contributed by atoms with van der Waals surface area (Å²) in [5.74, 6) is -0.185. The van der Waals surface area contributed by atoms with Crippen LogP contribution in [-0.2, 0) is 14.3 Å². The molecule has 0 spiro atoms. The number of amides is 1. The van der Waals surface area contributed by atoms with Crippen molar-refractivity contribution in [2.45, 2.75) is 288 Å². The van der Waals surface area contributed by atoms with Crippen molar-refractivity contribution in [1.82, 2.24) is 5.32 Å². The minimum Gasteiger partial charge on any atom is -0.394 e. The summed E-state index contributed by atoms with van der Waals surface area (Å²) in [5.41, 5.74) is 0. The lowest BCUT2D eigenvalue weighted by Gasteiger charge is -2.40. The number of hydrogen-bond donors (Lipinski definition) is 6. The van der Waals surface area contributed by atoms with Gasteiger partial charge < -0.3 is 40.3 Å². The molecule has 0 aromatic heterocycles. The molecule has 0 radical (unpaired) electrons. The van der Waals surface area contributed by atoms with Crippen LogP contribution in [0.3, 0.4) is 0 Å². The van der Waals surface area contributed by atoms with Gasteiger partial charge in [-0.3, -0.25) is 4.79 Å². The van der Waals surface area contributed by atoms with Crippen molar-refractivity contribution in [3.05, 3.63) is 60.8 Å². The Morgan fingerprint density at radius 1 is 0.522 bits per heavy atom. The quantitative estimate of drug-likeness (QED) is 0.0261. The van der Waals surface area contributed by atoms with E-state index in [1.807, 2.05) is 6.08 Å². The van der Waals surface area contributed by atoms with E-state index in [4.69, 9.17) is 9.47 Å². The third-order valence-corrected chi connectivity index (χ3v) is 13.1. The number of carbonyl (C=O) groups excluding carboxylic acids is 1. The fourth-order valence-electron chi connectivity index (χ4n) is 8.68. The van der Waals surface area contributed by atoms with Crippen LogP contribution in [-0.4, -0.2) is 87.5 Å². The van der Waals surface area contributed by atoms with Crippen molar-refractivity contribution in [2.24, 2.45) is 0 Å². The molecule has 9 heteroatoms. The van der Waals surface area contributed by atoms with E-state index in [1.165, 1.54) is 148 Å². The predicted molar refractivity (Wildman–Crippen MR) is 281 cm³/mol. The Kier molecular flexibility index (Phi) is 44.7. The molecule has 67 heavy (non-hydrogen) atoms. The predicted octanol–water partition coefficient (Wildman–Crippen LogP) is 13.5. The van der Waals surface area contributed by atoms with Gasteiger partial charge >= 0.3 is 0 Å². The molecule has 7 unspecified atom stereocenters. The van der Waals surface area contributed by atoms with Gasteiger partial charge in [-0.15, -0.1) is 0 Å². The summed E-state index contributed by atoms with van der Waals surface area (Å²) in [6.45, 7) is 3.68. The first kappa shape index (κ1) is 62.9. The lowest BCUT2D eigenvalue weighted by Crippen LogP contribution is -2.60. The molecule has 1 aliphatic heterocycles. The zero-order valence-corrected chi connectivity index (χ0v) is 43.1. The smallest absolute Gasteiger partial charge is 0.220 e. The highest BCUT2D eigenvalue weighted by molar-refractivity contribution is 5.76. The summed E-state index contributed by atoms with van der Waals surface area (Å²) in [4.78, 5) is 13.0. The van der Waals surface area contributed by atoms with E-state index in [2.05, 4.69) is 67.8 Å². The minimum atomic E-state index is -1.57. The molecule has 0 aromatic carbocycles. The van der Waals surface area contributed by atoms with Crippen LogP contribution in [0.25, 0.3) is 0 Å². The molecular formula is C58H105NO8. The van der Waals surface area contributed by atoms with Crippen LogP contribution in [0.2, 0.25) is 0 Å². The maximum atomic E-state index is 13.0. The minimum absolute atomic E-state index is 0.185. The van der Waals surface area contributed by atoms with E-state index < -0.39 is 49.5 Å². The molecule has 1 aliphatic rings. The number of carbonyl (C=O) groups is 1. The molecule has 1 rings (SSSR count). The second kappa shape index (κ2) is 47.6. The van der Waals surface area contributed by atoms with E-state index in [-0.39, 0.29) is 12.5 Å². The Morgan fingerprint density at radius 3 is 1.37 bits per heavy atom. The highest BCUT2D eigenvalue weighted by Gasteiger charge is 2.44. The van der Waals surface area contributed by atoms with Crippen molar-refractivity contribution in [2.75, 3.05) is 13.2 Å². The monoisotopic (exact) mass is 944 g/mol. The highest BCUT2D eigenvalue weighted by Crippen LogP contribution is 2.23. The van der Waals surface area contributed by atoms with E-state index in [9.17, 15) is 30.3 Å². The summed E-state index contributed by atoms with van der Waals surface area (Å²) in [5, 5.41) is 54.5.